The Labute approximate surface area is 117 Å². The van der Waals surface area contributed by atoms with Crippen molar-refractivity contribution in [1.29, 1.82) is 0 Å². The molecule has 0 fully saturated rings. The van der Waals surface area contributed by atoms with Gasteiger partial charge in [0.2, 0.25) is 11.9 Å². The van der Waals surface area contributed by atoms with Crippen molar-refractivity contribution < 1.29 is 0 Å². The van der Waals surface area contributed by atoms with Gasteiger partial charge < -0.3 is 5.32 Å². The van der Waals surface area contributed by atoms with Gasteiger partial charge in [0.05, 0.1) is 0 Å². The molecule has 0 aromatic carbocycles. The number of anilines is 2. The molecule has 2 aromatic rings. The Morgan fingerprint density at radius 2 is 2.00 bits per heavy atom. The van der Waals surface area contributed by atoms with E-state index in [4.69, 9.17) is 5.84 Å². The lowest BCUT2D eigenvalue weighted by Gasteiger charge is -2.20. The van der Waals surface area contributed by atoms with Gasteiger partial charge in [-0.2, -0.15) is 20.1 Å². The number of nitrogen functional groups attached to an aromatic ring is 1. The van der Waals surface area contributed by atoms with Gasteiger partial charge in [-0.1, -0.05) is 20.8 Å². The fourth-order valence-electron chi connectivity index (χ4n) is 1.89. The fraction of sp³-hybridized carbons (Fsp3) is 0.500. The molecule has 0 saturated heterocycles. The predicted octanol–water partition coefficient (Wildman–Crippen LogP) is 1.19. The Morgan fingerprint density at radius 1 is 1.25 bits per heavy atom. The number of hydrogen-bond acceptors (Lipinski definition) is 7. The average molecular weight is 276 g/mol. The zero-order valence-corrected chi connectivity index (χ0v) is 11.9. The van der Waals surface area contributed by atoms with E-state index < -0.39 is 0 Å². The maximum absolute atomic E-state index is 5.40. The highest BCUT2D eigenvalue weighted by Crippen LogP contribution is 2.14. The van der Waals surface area contributed by atoms with E-state index >= 15 is 0 Å². The minimum Gasteiger partial charge on any atom is -0.351 e. The monoisotopic (exact) mass is 276 g/mol. The van der Waals surface area contributed by atoms with Crippen molar-refractivity contribution in [3.8, 4) is 5.95 Å². The number of nitrogens with two attached hydrogens (primary N) is 1. The highest BCUT2D eigenvalue weighted by atomic mass is 15.4. The number of nitrogens with one attached hydrogen (secondary N) is 2. The number of hydrazine groups is 1. The quantitative estimate of drug-likeness (QED) is 0.537. The third-order valence-corrected chi connectivity index (χ3v) is 3.02. The van der Waals surface area contributed by atoms with Crippen molar-refractivity contribution in [3.63, 3.8) is 0 Å². The van der Waals surface area contributed by atoms with Gasteiger partial charge in [0.15, 0.2) is 0 Å². The first-order valence-corrected chi connectivity index (χ1v) is 6.63. The van der Waals surface area contributed by atoms with Crippen molar-refractivity contribution in [1.82, 2.24) is 24.7 Å². The molecule has 8 nitrogen and oxygen atoms in total. The SMILES string of the molecule is CCC(Nc1nc(NN)nc(-n2cccn2)n1)C(C)C. The van der Waals surface area contributed by atoms with Gasteiger partial charge in [-0.05, 0) is 18.4 Å². The average Bonchev–Trinajstić information content (AvgIpc) is 2.98. The summed E-state index contributed by atoms with van der Waals surface area (Å²) in [6, 6.07) is 2.09. The summed E-state index contributed by atoms with van der Waals surface area (Å²) in [5, 5.41) is 7.41. The van der Waals surface area contributed by atoms with Crippen molar-refractivity contribution in [3.05, 3.63) is 18.5 Å². The molecule has 0 aliphatic rings. The number of hydrogen-bond donors (Lipinski definition) is 3. The van der Waals surface area contributed by atoms with E-state index in [9.17, 15) is 0 Å². The first-order valence-electron chi connectivity index (χ1n) is 6.63. The molecule has 108 valence electrons. The molecule has 2 heterocycles. The largest absolute Gasteiger partial charge is 0.351 e. The summed E-state index contributed by atoms with van der Waals surface area (Å²) >= 11 is 0. The van der Waals surface area contributed by atoms with E-state index in [0.29, 0.717) is 23.8 Å². The first-order chi connectivity index (χ1) is 9.63. The fourth-order valence-corrected chi connectivity index (χ4v) is 1.89. The molecule has 1 unspecified atom stereocenters. The van der Waals surface area contributed by atoms with Crippen LogP contribution in [-0.4, -0.2) is 30.8 Å². The zero-order chi connectivity index (χ0) is 14.5. The molecule has 20 heavy (non-hydrogen) atoms. The maximum Gasteiger partial charge on any atom is 0.257 e. The Morgan fingerprint density at radius 3 is 2.55 bits per heavy atom. The topological polar surface area (TPSA) is 107 Å². The van der Waals surface area contributed by atoms with E-state index in [1.807, 2.05) is 0 Å². The Bertz CT molecular complexity index is 536. The zero-order valence-electron chi connectivity index (χ0n) is 11.9. The normalized spacial score (nSPS) is 12.4. The Balaban J connectivity index is 2.31. The van der Waals surface area contributed by atoms with Gasteiger partial charge in [-0.25, -0.2) is 10.5 Å². The molecule has 0 spiro atoms. The smallest absolute Gasteiger partial charge is 0.257 e. The van der Waals surface area contributed by atoms with Crippen LogP contribution in [0.5, 0.6) is 0 Å². The van der Waals surface area contributed by atoms with Crippen LogP contribution in [0.4, 0.5) is 11.9 Å². The summed E-state index contributed by atoms with van der Waals surface area (Å²) in [5.74, 6) is 7.07. The van der Waals surface area contributed by atoms with E-state index in [0.717, 1.165) is 6.42 Å². The molecule has 1 atom stereocenters. The molecule has 2 aromatic heterocycles. The number of aromatic nitrogens is 5. The molecular formula is C12H20N8. The van der Waals surface area contributed by atoms with E-state index in [-0.39, 0.29) is 6.04 Å². The summed E-state index contributed by atoms with van der Waals surface area (Å²) in [5.41, 5.74) is 2.45. The lowest BCUT2D eigenvalue weighted by molar-refractivity contribution is 0.507. The van der Waals surface area contributed by atoms with Gasteiger partial charge >= 0.3 is 0 Å². The highest BCUT2D eigenvalue weighted by molar-refractivity contribution is 5.37. The molecule has 2 rings (SSSR count). The van der Waals surface area contributed by atoms with Crippen molar-refractivity contribution >= 4 is 11.9 Å². The van der Waals surface area contributed by atoms with Crippen molar-refractivity contribution in [2.45, 2.75) is 33.2 Å². The Hall–Kier alpha value is -2.22. The first kappa shape index (κ1) is 14.2. The summed E-state index contributed by atoms with van der Waals surface area (Å²) < 4.78 is 1.56. The molecule has 0 amide bonds. The molecule has 0 saturated carbocycles. The molecule has 0 bridgehead atoms. The van der Waals surface area contributed by atoms with Crippen LogP contribution in [0, 0.1) is 5.92 Å². The van der Waals surface area contributed by atoms with Crippen LogP contribution in [0.15, 0.2) is 18.5 Å². The van der Waals surface area contributed by atoms with E-state index in [1.165, 1.54) is 0 Å². The predicted molar refractivity (Wildman–Crippen MR) is 77.3 cm³/mol. The second-order valence-corrected chi connectivity index (χ2v) is 4.78. The molecule has 8 heteroatoms. The summed E-state index contributed by atoms with van der Waals surface area (Å²) in [7, 11) is 0. The maximum atomic E-state index is 5.40. The third kappa shape index (κ3) is 3.21. The summed E-state index contributed by atoms with van der Waals surface area (Å²) in [6.45, 7) is 6.42. The van der Waals surface area contributed by atoms with Gasteiger partial charge in [-0.3, -0.25) is 5.43 Å². The van der Waals surface area contributed by atoms with Crippen molar-refractivity contribution in [2.24, 2.45) is 11.8 Å². The Kier molecular flexibility index (Phi) is 4.46. The second kappa shape index (κ2) is 6.29. The van der Waals surface area contributed by atoms with Crippen LogP contribution in [0.1, 0.15) is 27.2 Å². The minimum absolute atomic E-state index is 0.286. The lowest BCUT2D eigenvalue weighted by atomic mass is 10.0. The van der Waals surface area contributed by atoms with Crippen LogP contribution in [0.3, 0.4) is 0 Å². The summed E-state index contributed by atoms with van der Waals surface area (Å²) in [4.78, 5) is 12.8. The number of nitrogens with zero attached hydrogens (tertiary/aromatic N) is 5. The summed E-state index contributed by atoms with van der Waals surface area (Å²) in [6.07, 6.45) is 4.40. The van der Waals surface area contributed by atoms with Crippen LogP contribution >= 0.6 is 0 Å². The molecular weight excluding hydrogens is 256 g/mol. The molecule has 0 radical (unpaired) electrons. The standard InChI is InChI=1S/C12H20N8/c1-4-9(8(2)3)15-10-16-11(19-13)18-12(17-10)20-7-5-6-14-20/h5-9H,4,13H2,1-3H3,(H2,15,16,17,18,19). The second-order valence-electron chi connectivity index (χ2n) is 4.78. The van der Waals surface area contributed by atoms with Crippen LogP contribution in [-0.2, 0) is 0 Å². The molecule has 4 N–H and O–H groups in total. The van der Waals surface area contributed by atoms with E-state index in [2.05, 4.69) is 51.6 Å². The molecule has 0 aliphatic heterocycles. The van der Waals surface area contributed by atoms with Crippen LogP contribution in [0.25, 0.3) is 5.95 Å². The van der Waals surface area contributed by atoms with Gasteiger partial charge in [0.1, 0.15) is 0 Å². The minimum atomic E-state index is 0.286. The lowest BCUT2D eigenvalue weighted by Crippen LogP contribution is -2.27. The highest BCUT2D eigenvalue weighted by Gasteiger charge is 2.14. The number of rotatable bonds is 6. The van der Waals surface area contributed by atoms with Gasteiger partial charge in [-0.15, -0.1) is 0 Å². The van der Waals surface area contributed by atoms with Crippen molar-refractivity contribution in [2.75, 3.05) is 10.7 Å². The van der Waals surface area contributed by atoms with Gasteiger partial charge in [0, 0.05) is 18.4 Å². The van der Waals surface area contributed by atoms with Crippen LogP contribution < -0.4 is 16.6 Å². The molecule has 0 aliphatic carbocycles. The van der Waals surface area contributed by atoms with Gasteiger partial charge in [0.25, 0.3) is 5.95 Å². The third-order valence-electron chi connectivity index (χ3n) is 3.02. The van der Waals surface area contributed by atoms with E-state index in [1.54, 1.807) is 23.1 Å². The van der Waals surface area contributed by atoms with Crippen LogP contribution in [0.2, 0.25) is 0 Å².